The van der Waals surface area contributed by atoms with Gasteiger partial charge in [0.05, 0.1) is 0 Å². The first kappa shape index (κ1) is 72.6. The third-order valence-electron chi connectivity index (χ3n) is 15.1. The molecule has 0 unspecified atom stereocenters. The number of allylic oxidation sites excluding steroid dienone is 6. The van der Waals surface area contributed by atoms with E-state index in [-0.39, 0.29) is 37.5 Å². The highest BCUT2D eigenvalue weighted by atomic mass is 16.6. The number of hydrogen-bond acceptors (Lipinski definition) is 6. The van der Waals surface area contributed by atoms with E-state index in [4.69, 9.17) is 14.2 Å². The summed E-state index contributed by atoms with van der Waals surface area (Å²) < 4.78 is 16.9. The van der Waals surface area contributed by atoms with Crippen LogP contribution in [0.25, 0.3) is 0 Å². The first-order valence-electron chi connectivity index (χ1n) is 33.5. The molecular weight excluding hydrogens is 925 g/mol. The summed E-state index contributed by atoms with van der Waals surface area (Å²) in [4.78, 5) is 38.3. The van der Waals surface area contributed by atoms with Gasteiger partial charge in [-0.2, -0.15) is 0 Å². The number of carbonyl (C=O) groups is 3. The first-order valence-corrected chi connectivity index (χ1v) is 33.5. The topological polar surface area (TPSA) is 78.9 Å². The standard InChI is InChI=1S/C69H128O6/c1-4-7-10-13-16-19-22-25-28-30-32-34-36-38-41-43-46-49-52-55-58-61-67(70)73-64-66(75-69(72)63-60-57-54-51-48-45-40-27-24-21-18-15-12-9-6-3)65-74-68(71)62-59-56-53-50-47-44-42-39-37-35-33-31-29-26-23-20-17-14-11-8-5-2/h18,21,27,40,48,51,66H,4-17,19-20,22-26,28-39,41-47,49-50,52-65H2,1-3H3/b21-18-,40-27-,51-48-. The van der Waals surface area contributed by atoms with Crippen LogP contribution in [0.15, 0.2) is 36.5 Å². The monoisotopic (exact) mass is 1050 g/mol. The normalized spacial score (nSPS) is 11.8. The van der Waals surface area contributed by atoms with Gasteiger partial charge in [-0.3, -0.25) is 14.4 Å². The molecule has 0 spiro atoms. The zero-order valence-electron chi connectivity index (χ0n) is 50.6. The fourth-order valence-electron chi connectivity index (χ4n) is 10.1. The van der Waals surface area contributed by atoms with Gasteiger partial charge in [0, 0.05) is 19.3 Å². The van der Waals surface area contributed by atoms with Crippen LogP contribution in [0.4, 0.5) is 0 Å². The van der Waals surface area contributed by atoms with Crippen LogP contribution in [0.3, 0.4) is 0 Å². The predicted octanol–water partition coefficient (Wildman–Crippen LogP) is 22.8. The van der Waals surface area contributed by atoms with Gasteiger partial charge < -0.3 is 14.2 Å². The Morgan fingerprint density at radius 2 is 0.480 bits per heavy atom. The Morgan fingerprint density at radius 1 is 0.267 bits per heavy atom. The second-order valence-electron chi connectivity index (χ2n) is 22.7. The van der Waals surface area contributed by atoms with Crippen LogP contribution in [0.2, 0.25) is 0 Å². The third-order valence-corrected chi connectivity index (χ3v) is 15.1. The van der Waals surface area contributed by atoms with E-state index in [9.17, 15) is 14.4 Å². The molecule has 0 aromatic heterocycles. The van der Waals surface area contributed by atoms with E-state index in [1.165, 1.54) is 257 Å². The van der Waals surface area contributed by atoms with Crippen molar-refractivity contribution in [3.8, 4) is 0 Å². The van der Waals surface area contributed by atoms with Crippen LogP contribution in [0.5, 0.6) is 0 Å². The van der Waals surface area contributed by atoms with Gasteiger partial charge in [0.1, 0.15) is 13.2 Å². The second-order valence-corrected chi connectivity index (χ2v) is 22.7. The zero-order valence-corrected chi connectivity index (χ0v) is 50.6. The summed E-state index contributed by atoms with van der Waals surface area (Å²) in [6, 6.07) is 0. The average molecular weight is 1050 g/mol. The highest BCUT2D eigenvalue weighted by Crippen LogP contribution is 2.18. The van der Waals surface area contributed by atoms with E-state index in [0.717, 1.165) is 64.2 Å². The van der Waals surface area contributed by atoms with E-state index < -0.39 is 6.10 Å². The Kier molecular flexibility index (Phi) is 62.1. The molecule has 6 heteroatoms. The van der Waals surface area contributed by atoms with Gasteiger partial charge in [-0.05, 0) is 57.8 Å². The Hall–Kier alpha value is -2.37. The summed E-state index contributed by atoms with van der Waals surface area (Å²) in [5.41, 5.74) is 0. The van der Waals surface area contributed by atoms with E-state index in [1.54, 1.807) is 0 Å². The minimum atomic E-state index is -0.789. The number of esters is 3. The lowest BCUT2D eigenvalue weighted by molar-refractivity contribution is -0.167. The van der Waals surface area contributed by atoms with Crippen molar-refractivity contribution >= 4 is 17.9 Å². The molecule has 0 saturated carbocycles. The van der Waals surface area contributed by atoms with Crippen molar-refractivity contribution in [1.29, 1.82) is 0 Å². The summed E-state index contributed by atoms with van der Waals surface area (Å²) in [5.74, 6) is -0.893. The smallest absolute Gasteiger partial charge is 0.306 e. The zero-order chi connectivity index (χ0) is 54.3. The molecular formula is C69H128O6. The molecule has 6 nitrogen and oxygen atoms in total. The van der Waals surface area contributed by atoms with Crippen molar-refractivity contribution in [2.45, 2.75) is 374 Å². The average Bonchev–Trinajstić information content (AvgIpc) is 3.41. The number of rotatable bonds is 62. The summed E-state index contributed by atoms with van der Waals surface area (Å²) in [5, 5.41) is 0. The van der Waals surface area contributed by atoms with E-state index in [1.807, 2.05) is 0 Å². The highest BCUT2D eigenvalue weighted by molar-refractivity contribution is 5.71. The summed E-state index contributed by atoms with van der Waals surface area (Å²) >= 11 is 0. The molecule has 0 saturated heterocycles. The van der Waals surface area contributed by atoms with Gasteiger partial charge in [-0.25, -0.2) is 0 Å². The van der Waals surface area contributed by atoms with Gasteiger partial charge in [-0.15, -0.1) is 0 Å². The molecule has 0 aliphatic carbocycles. The lowest BCUT2D eigenvalue weighted by Crippen LogP contribution is -2.30. The molecule has 0 aromatic carbocycles. The molecule has 0 radical (unpaired) electrons. The van der Waals surface area contributed by atoms with Crippen LogP contribution >= 0.6 is 0 Å². The second kappa shape index (κ2) is 64.2. The SMILES string of the molecule is CCCCC/C=C\C/C=C\C/C=C\CCCCC(=O)OC(COC(=O)CCCCCCCCCCCCCCCCCCCCCCC)COC(=O)CCCCCCCCCCCCCCCCCCCCCCC. The molecule has 0 aromatic rings. The van der Waals surface area contributed by atoms with E-state index in [2.05, 4.69) is 57.2 Å². The molecule has 0 bridgehead atoms. The Balaban J connectivity index is 4.30. The van der Waals surface area contributed by atoms with Gasteiger partial charge in [0.25, 0.3) is 0 Å². The fourth-order valence-corrected chi connectivity index (χ4v) is 10.1. The molecule has 0 aliphatic rings. The molecule has 440 valence electrons. The van der Waals surface area contributed by atoms with Crippen molar-refractivity contribution in [2.24, 2.45) is 0 Å². The molecule has 0 rings (SSSR count). The number of hydrogen-bond donors (Lipinski definition) is 0. The van der Waals surface area contributed by atoms with Crippen molar-refractivity contribution in [1.82, 2.24) is 0 Å². The molecule has 0 atom stereocenters. The lowest BCUT2D eigenvalue weighted by atomic mass is 10.0. The minimum absolute atomic E-state index is 0.0820. The molecule has 0 N–H and O–H groups in total. The molecule has 0 amide bonds. The van der Waals surface area contributed by atoms with E-state index >= 15 is 0 Å². The third kappa shape index (κ3) is 62.4. The van der Waals surface area contributed by atoms with Crippen LogP contribution in [-0.2, 0) is 28.6 Å². The van der Waals surface area contributed by atoms with Crippen LogP contribution in [0.1, 0.15) is 367 Å². The summed E-state index contributed by atoms with van der Waals surface area (Å²) in [6.45, 7) is 6.65. The number of ether oxygens (including phenoxy) is 3. The highest BCUT2D eigenvalue weighted by Gasteiger charge is 2.19. The molecule has 0 fully saturated rings. The quantitative estimate of drug-likeness (QED) is 0.0261. The van der Waals surface area contributed by atoms with Gasteiger partial charge in [0.15, 0.2) is 6.10 Å². The van der Waals surface area contributed by atoms with Crippen molar-refractivity contribution in [2.75, 3.05) is 13.2 Å². The van der Waals surface area contributed by atoms with Crippen molar-refractivity contribution in [3.63, 3.8) is 0 Å². The molecule has 75 heavy (non-hydrogen) atoms. The van der Waals surface area contributed by atoms with Crippen molar-refractivity contribution < 1.29 is 28.6 Å². The van der Waals surface area contributed by atoms with Crippen LogP contribution in [0, 0.1) is 0 Å². The minimum Gasteiger partial charge on any atom is -0.462 e. The largest absolute Gasteiger partial charge is 0.462 e. The van der Waals surface area contributed by atoms with Gasteiger partial charge >= 0.3 is 17.9 Å². The number of unbranched alkanes of at least 4 members (excludes halogenated alkanes) is 45. The maximum atomic E-state index is 12.9. The van der Waals surface area contributed by atoms with Gasteiger partial charge in [-0.1, -0.05) is 327 Å². The van der Waals surface area contributed by atoms with Crippen molar-refractivity contribution in [3.05, 3.63) is 36.5 Å². The molecule has 0 aliphatic heterocycles. The maximum absolute atomic E-state index is 12.9. The summed E-state index contributed by atoms with van der Waals surface area (Å²) in [7, 11) is 0. The summed E-state index contributed by atoms with van der Waals surface area (Å²) in [6.07, 6.45) is 78.8. The Bertz CT molecular complexity index is 1190. The Morgan fingerprint density at radius 3 is 0.773 bits per heavy atom. The Labute approximate surface area is 467 Å². The fraction of sp³-hybridized carbons (Fsp3) is 0.870. The van der Waals surface area contributed by atoms with Crippen LogP contribution < -0.4 is 0 Å². The van der Waals surface area contributed by atoms with E-state index in [0.29, 0.717) is 19.3 Å². The first-order chi connectivity index (χ1) is 37.0. The maximum Gasteiger partial charge on any atom is 0.306 e. The number of carbonyl (C=O) groups excluding carboxylic acids is 3. The molecule has 0 heterocycles. The van der Waals surface area contributed by atoms with Crippen LogP contribution in [-0.4, -0.2) is 37.2 Å². The lowest BCUT2D eigenvalue weighted by Gasteiger charge is -2.18. The predicted molar refractivity (Wildman–Crippen MR) is 326 cm³/mol. The van der Waals surface area contributed by atoms with Gasteiger partial charge in [0.2, 0.25) is 0 Å².